The van der Waals surface area contributed by atoms with E-state index in [4.69, 9.17) is 9.15 Å². The molecular formula is C14H12N4O2S. The normalized spacial score (nSPS) is 10.5. The molecule has 106 valence electrons. The zero-order chi connectivity index (χ0) is 14.5. The van der Waals surface area contributed by atoms with E-state index in [0.29, 0.717) is 22.6 Å². The number of hydrogen-bond acceptors (Lipinski definition) is 7. The van der Waals surface area contributed by atoms with Gasteiger partial charge >= 0.3 is 0 Å². The number of benzene rings is 1. The monoisotopic (exact) mass is 300 g/mol. The molecule has 0 atom stereocenters. The standard InChI is InChI=1S/C14H12N4O2S/c1-19-11-4-2-3-10(5-11)12-6-16-13(20-12)7-21-14-17-8-15-9-18-14/h2-6,8-9H,7H2,1H3. The predicted octanol–water partition coefficient (Wildman–Crippen LogP) is 2.83. The maximum atomic E-state index is 5.73. The van der Waals surface area contributed by atoms with Crippen molar-refractivity contribution in [2.75, 3.05) is 7.11 Å². The van der Waals surface area contributed by atoms with Crippen molar-refractivity contribution >= 4 is 11.8 Å². The number of oxazole rings is 1. The highest BCUT2D eigenvalue weighted by atomic mass is 32.2. The molecule has 2 heterocycles. The first-order valence-corrected chi connectivity index (χ1v) is 7.17. The quantitative estimate of drug-likeness (QED) is 0.671. The SMILES string of the molecule is COc1cccc(-c2cnc(CSc3ncncn3)o2)c1. The van der Waals surface area contributed by atoms with Crippen LogP contribution in [0.2, 0.25) is 0 Å². The van der Waals surface area contributed by atoms with E-state index < -0.39 is 0 Å². The zero-order valence-electron chi connectivity index (χ0n) is 11.3. The van der Waals surface area contributed by atoms with E-state index in [0.717, 1.165) is 11.3 Å². The second-order valence-electron chi connectivity index (χ2n) is 4.06. The Morgan fingerprint density at radius 3 is 2.86 bits per heavy atom. The molecule has 0 saturated heterocycles. The summed E-state index contributed by atoms with van der Waals surface area (Å²) < 4.78 is 10.9. The van der Waals surface area contributed by atoms with Crippen molar-refractivity contribution in [3.8, 4) is 17.1 Å². The molecule has 0 aliphatic rings. The molecule has 0 unspecified atom stereocenters. The molecule has 0 fully saturated rings. The zero-order valence-corrected chi connectivity index (χ0v) is 12.1. The van der Waals surface area contributed by atoms with E-state index in [1.165, 1.54) is 24.4 Å². The number of ether oxygens (including phenoxy) is 1. The number of thioether (sulfide) groups is 1. The van der Waals surface area contributed by atoms with Gasteiger partial charge in [0.1, 0.15) is 18.4 Å². The second kappa shape index (κ2) is 6.36. The molecular weight excluding hydrogens is 288 g/mol. The molecule has 0 aliphatic heterocycles. The van der Waals surface area contributed by atoms with Gasteiger partial charge in [-0.2, -0.15) is 0 Å². The average Bonchev–Trinajstić information content (AvgIpc) is 3.03. The minimum absolute atomic E-state index is 0.563. The summed E-state index contributed by atoms with van der Waals surface area (Å²) in [6, 6.07) is 7.66. The Hall–Kier alpha value is -2.41. The minimum atomic E-state index is 0.563. The van der Waals surface area contributed by atoms with Crippen LogP contribution in [0.25, 0.3) is 11.3 Å². The van der Waals surface area contributed by atoms with Gasteiger partial charge in [-0.05, 0) is 12.1 Å². The molecule has 2 aromatic heterocycles. The van der Waals surface area contributed by atoms with Crippen LogP contribution in [0.5, 0.6) is 5.75 Å². The van der Waals surface area contributed by atoms with E-state index in [1.807, 2.05) is 24.3 Å². The van der Waals surface area contributed by atoms with E-state index in [9.17, 15) is 0 Å². The summed E-state index contributed by atoms with van der Waals surface area (Å²) in [5.74, 6) is 2.68. The first kappa shape index (κ1) is 13.6. The maximum Gasteiger partial charge on any atom is 0.205 e. The first-order chi connectivity index (χ1) is 10.3. The fraction of sp³-hybridized carbons (Fsp3) is 0.143. The Morgan fingerprint density at radius 1 is 1.19 bits per heavy atom. The smallest absolute Gasteiger partial charge is 0.205 e. The molecule has 0 radical (unpaired) electrons. The average molecular weight is 300 g/mol. The van der Waals surface area contributed by atoms with Gasteiger partial charge in [0.05, 0.1) is 19.1 Å². The van der Waals surface area contributed by atoms with Crippen LogP contribution in [-0.4, -0.2) is 27.0 Å². The lowest BCUT2D eigenvalue weighted by molar-refractivity contribution is 0.414. The molecule has 0 aliphatic carbocycles. The summed E-state index contributed by atoms with van der Waals surface area (Å²) in [4.78, 5) is 16.1. The van der Waals surface area contributed by atoms with Crippen molar-refractivity contribution in [1.82, 2.24) is 19.9 Å². The van der Waals surface area contributed by atoms with E-state index in [-0.39, 0.29) is 0 Å². The minimum Gasteiger partial charge on any atom is -0.497 e. The predicted molar refractivity (Wildman–Crippen MR) is 77.9 cm³/mol. The van der Waals surface area contributed by atoms with E-state index >= 15 is 0 Å². The lowest BCUT2D eigenvalue weighted by Crippen LogP contribution is -1.87. The van der Waals surface area contributed by atoms with Gasteiger partial charge in [0.2, 0.25) is 5.89 Å². The Morgan fingerprint density at radius 2 is 2.05 bits per heavy atom. The Kier molecular flexibility index (Phi) is 4.11. The second-order valence-corrected chi connectivity index (χ2v) is 5.00. The topological polar surface area (TPSA) is 73.9 Å². The van der Waals surface area contributed by atoms with Crippen molar-refractivity contribution in [3.63, 3.8) is 0 Å². The summed E-state index contributed by atoms with van der Waals surface area (Å²) in [6.07, 6.45) is 4.64. The molecule has 0 N–H and O–H groups in total. The summed E-state index contributed by atoms with van der Waals surface area (Å²) in [6.45, 7) is 0. The number of rotatable bonds is 5. The van der Waals surface area contributed by atoms with E-state index in [1.54, 1.807) is 13.3 Å². The van der Waals surface area contributed by atoms with E-state index in [2.05, 4.69) is 19.9 Å². The van der Waals surface area contributed by atoms with Crippen LogP contribution in [-0.2, 0) is 5.75 Å². The van der Waals surface area contributed by atoms with Gasteiger partial charge in [0, 0.05) is 5.56 Å². The molecule has 3 rings (SSSR count). The number of nitrogens with zero attached hydrogens (tertiary/aromatic N) is 4. The highest BCUT2D eigenvalue weighted by molar-refractivity contribution is 7.98. The third-order valence-corrected chi connectivity index (χ3v) is 3.56. The lowest BCUT2D eigenvalue weighted by atomic mass is 10.2. The summed E-state index contributed by atoms with van der Waals surface area (Å²) in [7, 11) is 1.64. The maximum absolute atomic E-state index is 5.73. The van der Waals surface area contributed by atoms with Crippen LogP contribution < -0.4 is 4.74 Å². The summed E-state index contributed by atoms with van der Waals surface area (Å²) in [5, 5.41) is 0.645. The third kappa shape index (κ3) is 3.38. The van der Waals surface area contributed by atoms with Crippen LogP contribution in [0.4, 0.5) is 0 Å². The number of hydrogen-bond donors (Lipinski definition) is 0. The molecule has 0 saturated carbocycles. The first-order valence-electron chi connectivity index (χ1n) is 6.19. The third-order valence-electron chi connectivity index (χ3n) is 2.70. The van der Waals surface area contributed by atoms with Gasteiger partial charge in [-0.25, -0.2) is 19.9 Å². The molecule has 6 nitrogen and oxygen atoms in total. The summed E-state index contributed by atoms with van der Waals surface area (Å²) in [5.41, 5.74) is 0.929. The van der Waals surface area contributed by atoms with Gasteiger partial charge in [-0.3, -0.25) is 0 Å². The highest BCUT2D eigenvalue weighted by Gasteiger charge is 2.08. The van der Waals surface area contributed by atoms with Crippen molar-refractivity contribution in [2.24, 2.45) is 0 Å². The van der Waals surface area contributed by atoms with Crippen LogP contribution in [0.15, 0.2) is 52.7 Å². The molecule has 1 aromatic carbocycles. The van der Waals surface area contributed by atoms with Gasteiger partial charge in [0.15, 0.2) is 10.9 Å². The van der Waals surface area contributed by atoms with Crippen LogP contribution in [0.1, 0.15) is 5.89 Å². The largest absolute Gasteiger partial charge is 0.497 e. The highest BCUT2D eigenvalue weighted by Crippen LogP contribution is 2.26. The molecule has 0 amide bonds. The van der Waals surface area contributed by atoms with Crippen molar-refractivity contribution < 1.29 is 9.15 Å². The summed E-state index contributed by atoms with van der Waals surface area (Å²) >= 11 is 1.45. The molecule has 0 spiro atoms. The fourth-order valence-electron chi connectivity index (χ4n) is 1.72. The van der Waals surface area contributed by atoms with Gasteiger partial charge < -0.3 is 9.15 Å². The lowest BCUT2D eigenvalue weighted by Gasteiger charge is -2.01. The molecule has 21 heavy (non-hydrogen) atoms. The number of methoxy groups -OCH3 is 1. The molecule has 7 heteroatoms. The van der Waals surface area contributed by atoms with Gasteiger partial charge in [0.25, 0.3) is 0 Å². The Bertz CT molecular complexity index is 718. The van der Waals surface area contributed by atoms with Crippen LogP contribution in [0.3, 0.4) is 0 Å². The molecule has 0 bridgehead atoms. The van der Waals surface area contributed by atoms with Crippen molar-refractivity contribution in [3.05, 3.63) is 49.0 Å². The van der Waals surface area contributed by atoms with Gasteiger partial charge in [-0.1, -0.05) is 23.9 Å². The van der Waals surface area contributed by atoms with Crippen LogP contribution >= 0.6 is 11.8 Å². The Balaban J connectivity index is 1.71. The van der Waals surface area contributed by atoms with Crippen molar-refractivity contribution in [1.29, 1.82) is 0 Å². The Labute approximate surface area is 125 Å². The fourth-order valence-corrected chi connectivity index (χ4v) is 2.35. The molecule has 3 aromatic rings. The van der Waals surface area contributed by atoms with Gasteiger partial charge in [-0.15, -0.1) is 0 Å². The van der Waals surface area contributed by atoms with Crippen LogP contribution in [0, 0.1) is 0 Å². The van der Waals surface area contributed by atoms with Crippen molar-refractivity contribution in [2.45, 2.75) is 10.9 Å². The number of aromatic nitrogens is 4.